The Morgan fingerprint density at radius 3 is 2.58 bits per heavy atom. The minimum atomic E-state index is -0.930. The normalized spacial score (nSPS) is 19.0. The second kappa shape index (κ2) is 8.68. The zero-order chi connectivity index (χ0) is 22.0. The van der Waals surface area contributed by atoms with Crippen molar-refractivity contribution in [2.45, 2.75) is 24.9 Å². The molecule has 3 amide bonds. The minimum Gasteiger partial charge on any atom is -0.468 e. The molecule has 2 fully saturated rings. The average Bonchev–Trinajstić information content (AvgIpc) is 3.27. The molecule has 4 rings (SSSR count). The summed E-state index contributed by atoms with van der Waals surface area (Å²) in [6.07, 6.45) is 1.03. The van der Waals surface area contributed by atoms with Crippen LogP contribution in [0, 0.1) is 0 Å². The van der Waals surface area contributed by atoms with Gasteiger partial charge in [0.15, 0.2) is 0 Å². The summed E-state index contributed by atoms with van der Waals surface area (Å²) in [7, 11) is 2.80. The number of esters is 1. The number of carbonyl (C=O) groups is 3. The van der Waals surface area contributed by atoms with Gasteiger partial charge >= 0.3 is 12.0 Å². The molecular formula is C22H28N4O5. The van der Waals surface area contributed by atoms with Crippen molar-refractivity contribution in [1.29, 1.82) is 0 Å². The summed E-state index contributed by atoms with van der Waals surface area (Å²) in [6, 6.07) is 9.85. The van der Waals surface area contributed by atoms with Crippen LogP contribution in [0.15, 0.2) is 30.3 Å². The zero-order valence-corrected chi connectivity index (χ0v) is 17.9. The second-order valence-corrected chi connectivity index (χ2v) is 8.08. The fraction of sp³-hybridized carbons (Fsp3) is 0.500. The minimum absolute atomic E-state index is 0.306. The predicted octanol–water partition coefficient (Wildman–Crippen LogP) is 1.59. The first kappa shape index (κ1) is 21.3. The Hall–Kier alpha value is -2.91. The lowest BCUT2D eigenvalue weighted by Gasteiger charge is -2.42. The Bertz CT molecular complexity index is 946. The number of likely N-dealkylation sites (tertiary alicyclic amines) is 1. The molecule has 1 spiro atoms. The van der Waals surface area contributed by atoms with Gasteiger partial charge in [-0.25, -0.2) is 4.79 Å². The van der Waals surface area contributed by atoms with Gasteiger partial charge in [0, 0.05) is 44.5 Å². The lowest BCUT2D eigenvalue weighted by Crippen LogP contribution is -2.57. The number of hydrogen-bond acceptors (Lipinski definition) is 6. The highest BCUT2D eigenvalue weighted by Crippen LogP contribution is 2.37. The van der Waals surface area contributed by atoms with Gasteiger partial charge in [0.25, 0.3) is 5.91 Å². The molecule has 1 aromatic carbocycles. The molecule has 31 heavy (non-hydrogen) atoms. The SMILES string of the molecule is COCCN1C(=O)N(CC(=O)OC)C(=O)C12CCN(Cc1cc3ccccc3[nH]1)CC2. The number of para-hydroxylation sites is 1. The second-order valence-electron chi connectivity index (χ2n) is 8.08. The maximum Gasteiger partial charge on any atom is 0.328 e. The van der Waals surface area contributed by atoms with E-state index in [2.05, 4.69) is 32.8 Å². The van der Waals surface area contributed by atoms with E-state index in [0.717, 1.165) is 22.7 Å². The summed E-state index contributed by atoms with van der Waals surface area (Å²) in [4.78, 5) is 46.3. The van der Waals surface area contributed by atoms with Crippen LogP contribution in [0.25, 0.3) is 10.9 Å². The number of benzene rings is 1. The van der Waals surface area contributed by atoms with E-state index in [1.807, 2.05) is 12.1 Å². The standard InChI is InChI=1S/C22H28N4O5/c1-30-12-11-26-21(29)25(15-19(27)31-2)20(28)22(26)7-9-24(10-8-22)14-17-13-16-5-3-4-6-18(16)23-17/h3-6,13,23H,7-12,14-15H2,1-2H3. The molecular weight excluding hydrogens is 400 g/mol. The van der Waals surface area contributed by atoms with Gasteiger partial charge in [-0.15, -0.1) is 0 Å². The molecule has 0 saturated carbocycles. The fourth-order valence-corrected chi connectivity index (χ4v) is 4.63. The number of imide groups is 1. The summed E-state index contributed by atoms with van der Waals surface area (Å²) in [6.45, 7) is 2.36. The molecule has 1 aromatic heterocycles. The molecule has 2 saturated heterocycles. The Morgan fingerprint density at radius 1 is 1.16 bits per heavy atom. The highest BCUT2D eigenvalue weighted by atomic mass is 16.5. The predicted molar refractivity (Wildman–Crippen MR) is 113 cm³/mol. The first-order valence-corrected chi connectivity index (χ1v) is 10.5. The number of amides is 3. The van der Waals surface area contributed by atoms with Crippen LogP contribution < -0.4 is 0 Å². The average molecular weight is 428 g/mol. The summed E-state index contributed by atoms with van der Waals surface area (Å²) in [5.74, 6) is -0.925. The molecule has 166 valence electrons. The Kier molecular flexibility index (Phi) is 5.97. The van der Waals surface area contributed by atoms with Crippen LogP contribution in [0.4, 0.5) is 4.79 Å². The topological polar surface area (TPSA) is 95.2 Å². The van der Waals surface area contributed by atoms with E-state index >= 15 is 0 Å². The van der Waals surface area contributed by atoms with Gasteiger partial charge in [-0.3, -0.25) is 19.4 Å². The number of rotatable bonds is 7. The van der Waals surface area contributed by atoms with E-state index in [1.165, 1.54) is 12.5 Å². The lowest BCUT2D eigenvalue weighted by molar-refractivity contribution is -0.146. The summed E-state index contributed by atoms with van der Waals surface area (Å²) >= 11 is 0. The van der Waals surface area contributed by atoms with Crippen molar-refractivity contribution in [2.24, 2.45) is 0 Å². The number of methoxy groups -OCH3 is 2. The molecule has 0 aliphatic carbocycles. The first-order chi connectivity index (χ1) is 15.0. The summed E-state index contributed by atoms with van der Waals surface area (Å²) < 4.78 is 9.83. The van der Waals surface area contributed by atoms with Crippen molar-refractivity contribution < 1.29 is 23.9 Å². The van der Waals surface area contributed by atoms with Gasteiger partial charge in [-0.05, 0) is 30.4 Å². The van der Waals surface area contributed by atoms with E-state index in [0.29, 0.717) is 39.1 Å². The van der Waals surface area contributed by atoms with Crippen molar-refractivity contribution >= 4 is 28.8 Å². The van der Waals surface area contributed by atoms with Gasteiger partial charge < -0.3 is 19.4 Å². The van der Waals surface area contributed by atoms with Crippen LogP contribution in [0.3, 0.4) is 0 Å². The van der Waals surface area contributed by atoms with Crippen LogP contribution >= 0.6 is 0 Å². The number of nitrogens with one attached hydrogen (secondary N) is 1. The van der Waals surface area contributed by atoms with E-state index in [4.69, 9.17) is 4.74 Å². The van der Waals surface area contributed by atoms with Crippen molar-refractivity contribution in [2.75, 3.05) is 47.0 Å². The Balaban J connectivity index is 1.48. The van der Waals surface area contributed by atoms with Gasteiger partial charge in [0.05, 0.1) is 13.7 Å². The first-order valence-electron chi connectivity index (χ1n) is 10.5. The third-order valence-corrected chi connectivity index (χ3v) is 6.32. The molecule has 9 nitrogen and oxygen atoms in total. The molecule has 3 heterocycles. The van der Waals surface area contributed by atoms with Crippen molar-refractivity contribution in [3.8, 4) is 0 Å². The lowest BCUT2D eigenvalue weighted by atomic mass is 9.85. The maximum atomic E-state index is 13.3. The van der Waals surface area contributed by atoms with Gasteiger partial charge in [-0.1, -0.05) is 18.2 Å². The smallest absolute Gasteiger partial charge is 0.328 e. The highest BCUT2D eigenvalue weighted by molar-refractivity contribution is 6.08. The molecule has 2 aliphatic heterocycles. The Labute approximate surface area is 180 Å². The van der Waals surface area contributed by atoms with Crippen molar-refractivity contribution in [1.82, 2.24) is 19.7 Å². The quantitative estimate of drug-likeness (QED) is 0.532. The number of aromatic nitrogens is 1. The van der Waals surface area contributed by atoms with E-state index in [9.17, 15) is 14.4 Å². The van der Waals surface area contributed by atoms with E-state index < -0.39 is 17.5 Å². The number of carbonyl (C=O) groups excluding carboxylic acids is 3. The zero-order valence-electron chi connectivity index (χ0n) is 17.9. The van der Waals surface area contributed by atoms with Gasteiger partial charge in [0.2, 0.25) is 0 Å². The number of ether oxygens (including phenoxy) is 2. The van der Waals surface area contributed by atoms with Crippen LogP contribution in [-0.2, 0) is 25.6 Å². The van der Waals surface area contributed by atoms with Crippen LogP contribution in [0.5, 0.6) is 0 Å². The molecule has 0 radical (unpaired) electrons. The van der Waals surface area contributed by atoms with Crippen molar-refractivity contribution in [3.63, 3.8) is 0 Å². The van der Waals surface area contributed by atoms with Gasteiger partial charge in [-0.2, -0.15) is 0 Å². The molecule has 0 atom stereocenters. The molecule has 2 aliphatic rings. The van der Waals surface area contributed by atoms with Crippen LogP contribution in [0.1, 0.15) is 18.5 Å². The van der Waals surface area contributed by atoms with E-state index in [1.54, 1.807) is 12.0 Å². The number of aromatic amines is 1. The van der Waals surface area contributed by atoms with E-state index in [-0.39, 0.29) is 12.5 Å². The van der Waals surface area contributed by atoms with Gasteiger partial charge in [0.1, 0.15) is 12.1 Å². The number of hydrogen-bond donors (Lipinski definition) is 1. The molecule has 1 N–H and O–H groups in total. The molecule has 2 aromatic rings. The number of piperidine rings is 1. The highest BCUT2D eigenvalue weighted by Gasteiger charge is 2.58. The third-order valence-electron chi connectivity index (χ3n) is 6.32. The summed E-state index contributed by atoms with van der Waals surface area (Å²) in [5, 5.41) is 1.17. The number of nitrogens with zero attached hydrogens (tertiary/aromatic N) is 3. The fourth-order valence-electron chi connectivity index (χ4n) is 4.63. The largest absolute Gasteiger partial charge is 0.468 e. The number of H-pyrrole nitrogens is 1. The Morgan fingerprint density at radius 2 is 1.90 bits per heavy atom. The summed E-state index contributed by atoms with van der Waals surface area (Å²) in [5.41, 5.74) is 1.29. The third kappa shape index (κ3) is 3.90. The number of fused-ring (bicyclic) bond motifs is 1. The van der Waals surface area contributed by atoms with Crippen molar-refractivity contribution in [3.05, 3.63) is 36.0 Å². The molecule has 0 bridgehead atoms. The maximum absolute atomic E-state index is 13.3. The molecule has 9 heteroatoms. The monoisotopic (exact) mass is 428 g/mol. The van der Waals surface area contributed by atoms with Crippen LogP contribution in [0.2, 0.25) is 0 Å². The van der Waals surface area contributed by atoms with Crippen LogP contribution in [-0.4, -0.2) is 90.1 Å². The molecule has 0 unspecified atom stereocenters. The number of urea groups is 1.